The molecule has 7 heteroatoms. The van der Waals surface area contributed by atoms with Gasteiger partial charge >= 0.3 is 0 Å². The lowest BCUT2D eigenvalue weighted by molar-refractivity contribution is 0.789. The number of thiophene rings is 1. The zero-order valence-electron chi connectivity index (χ0n) is 24.8. The fraction of sp³-hybridized carbons (Fsp3) is 0.105. The molecule has 2 aromatic carbocycles. The van der Waals surface area contributed by atoms with E-state index in [4.69, 9.17) is 21.6 Å². The highest BCUT2D eigenvalue weighted by Crippen LogP contribution is 2.64. The second-order valence-electron chi connectivity index (χ2n) is 11.1. The number of benzene rings is 2. The summed E-state index contributed by atoms with van der Waals surface area (Å²) in [5, 5.41) is 19.0. The molecule has 0 aliphatic heterocycles. The average molecular weight is 620 g/mol. The maximum atomic E-state index is 9.51. The molecule has 0 radical (unpaired) electrons. The average Bonchev–Trinajstić information content (AvgIpc) is 3.67. The van der Waals surface area contributed by atoms with E-state index in [1.165, 1.54) is 5.54 Å². The molecule has 0 atom stereocenters. The number of anilines is 2. The molecule has 0 amide bonds. The summed E-state index contributed by atoms with van der Waals surface area (Å²) in [5.41, 5.74) is 13.1. The molecular formula is C38H26ClN5S. The zero-order valence-corrected chi connectivity index (χ0v) is 26.4. The van der Waals surface area contributed by atoms with Crippen molar-refractivity contribution >= 4 is 40.4 Å². The predicted octanol–water partition coefficient (Wildman–Crippen LogP) is 9.72. The minimum absolute atomic E-state index is 0.0770. The van der Waals surface area contributed by atoms with Crippen LogP contribution in [0.25, 0.3) is 27.9 Å². The lowest BCUT2D eigenvalue weighted by Gasteiger charge is -2.31. The number of aromatic nitrogens is 2. The van der Waals surface area contributed by atoms with Gasteiger partial charge in [-0.15, -0.1) is 11.3 Å². The van der Waals surface area contributed by atoms with Crippen molar-refractivity contribution in [1.29, 1.82) is 10.5 Å². The van der Waals surface area contributed by atoms with E-state index in [2.05, 4.69) is 72.5 Å². The topological polar surface area (TPSA) is 76.6 Å². The molecule has 1 spiro atoms. The summed E-state index contributed by atoms with van der Waals surface area (Å²) in [6.07, 6.45) is 5.51. The number of hydrogen-bond acceptors (Lipinski definition) is 6. The summed E-state index contributed by atoms with van der Waals surface area (Å²) < 4.78 is 0. The number of allylic oxidation sites excluding steroid dienone is 4. The lowest BCUT2D eigenvalue weighted by Crippen LogP contribution is -2.26. The van der Waals surface area contributed by atoms with E-state index >= 15 is 0 Å². The Hall–Kier alpha value is -5.27. The number of aryl methyl sites for hydroxylation is 2. The molecule has 3 aromatic heterocycles. The Morgan fingerprint density at radius 1 is 0.822 bits per heavy atom. The number of halogens is 1. The zero-order chi connectivity index (χ0) is 31.3. The van der Waals surface area contributed by atoms with Gasteiger partial charge in [-0.3, -0.25) is 9.97 Å². The molecule has 7 rings (SSSR count). The Bertz CT molecular complexity index is 2130. The number of rotatable bonds is 5. The number of nitrogens with zero attached hydrogens (tertiary/aromatic N) is 5. The fourth-order valence-corrected chi connectivity index (χ4v) is 7.98. The summed E-state index contributed by atoms with van der Waals surface area (Å²) in [4.78, 5) is 14.3. The second kappa shape index (κ2) is 11.0. The Labute approximate surface area is 271 Å². The molecule has 0 bridgehead atoms. The van der Waals surface area contributed by atoms with E-state index < -0.39 is 5.41 Å². The van der Waals surface area contributed by atoms with Gasteiger partial charge in [0.25, 0.3) is 0 Å². The molecule has 5 aromatic rings. The van der Waals surface area contributed by atoms with Gasteiger partial charge in [-0.25, -0.2) is 0 Å². The molecule has 5 nitrogen and oxygen atoms in total. The van der Waals surface area contributed by atoms with Gasteiger partial charge < -0.3 is 4.90 Å². The van der Waals surface area contributed by atoms with Crippen LogP contribution in [-0.4, -0.2) is 9.97 Å². The Balaban J connectivity index is 1.57. The van der Waals surface area contributed by atoms with E-state index in [1.54, 1.807) is 17.4 Å². The number of nitriles is 2. The van der Waals surface area contributed by atoms with Gasteiger partial charge in [0.2, 0.25) is 0 Å². The van der Waals surface area contributed by atoms with Crippen LogP contribution in [-0.2, 0) is 5.41 Å². The van der Waals surface area contributed by atoms with Gasteiger partial charge in [-0.05, 0) is 109 Å². The molecule has 2 aliphatic carbocycles. The molecule has 3 heterocycles. The number of pyridine rings is 2. The molecule has 0 unspecified atom stereocenters. The van der Waals surface area contributed by atoms with Gasteiger partial charge in [-0.1, -0.05) is 48.0 Å². The molecule has 0 N–H and O–H groups in total. The Kier molecular flexibility index (Phi) is 6.98. The first-order valence-electron chi connectivity index (χ1n) is 14.5. The van der Waals surface area contributed by atoms with Gasteiger partial charge in [0, 0.05) is 43.7 Å². The molecule has 0 saturated heterocycles. The van der Waals surface area contributed by atoms with E-state index in [9.17, 15) is 10.5 Å². The molecule has 0 saturated carbocycles. The third kappa shape index (κ3) is 4.34. The summed E-state index contributed by atoms with van der Waals surface area (Å²) >= 11 is 7.53. The first-order valence-corrected chi connectivity index (χ1v) is 15.7. The Morgan fingerprint density at radius 2 is 1.49 bits per heavy atom. The molecule has 0 fully saturated rings. The standard InChI is InChI=1S/C38H26ClN5S/c1-23-11-15-31-35(42-23)36-32(16-12-24(2)43-36)38(31)33-19-28(44(25(3)8-7-17-39)27-9-5-4-6-10-27)13-14-30(33)37-34(38)20-29(45-37)18-26(21-40)22-41/h4-20H,1-3H3/b17-7-,25-8+. The highest BCUT2D eigenvalue weighted by atomic mass is 35.5. The van der Waals surface area contributed by atoms with Crippen molar-refractivity contribution in [3.05, 3.63) is 146 Å². The third-order valence-electron chi connectivity index (χ3n) is 8.47. The van der Waals surface area contributed by atoms with Crippen molar-refractivity contribution in [3.8, 4) is 34.0 Å². The third-order valence-corrected chi connectivity index (χ3v) is 9.73. The van der Waals surface area contributed by atoms with Crippen molar-refractivity contribution in [2.45, 2.75) is 26.2 Å². The summed E-state index contributed by atoms with van der Waals surface area (Å²) in [6.45, 7) is 6.09. The Morgan fingerprint density at radius 3 is 2.11 bits per heavy atom. The van der Waals surface area contributed by atoms with Gasteiger partial charge in [-0.2, -0.15) is 10.5 Å². The SMILES string of the molecule is C/C(=C\C=C/Cl)N(c1ccccc1)c1ccc2c(c1)C1(c3ccc(C)nc3-c3nc(C)ccc31)c1cc(C=C(C#N)C#N)sc1-2. The highest BCUT2D eigenvalue weighted by molar-refractivity contribution is 7.16. The predicted molar refractivity (Wildman–Crippen MR) is 182 cm³/mol. The molecule has 2 aliphatic rings. The summed E-state index contributed by atoms with van der Waals surface area (Å²) in [6, 6.07) is 31.6. The monoisotopic (exact) mass is 619 g/mol. The number of hydrogen-bond donors (Lipinski definition) is 0. The molecule has 45 heavy (non-hydrogen) atoms. The van der Waals surface area contributed by atoms with Crippen molar-refractivity contribution < 1.29 is 0 Å². The molecular weight excluding hydrogens is 594 g/mol. The van der Waals surface area contributed by atoms with Crippen molar-refractivity contribution in [2.75, 3.05) is 4.90 Å². The van der Waals surface area contributed by atoms with E-state index in [-0.39, 0.29) is 5.57 Å². The minimum atomic E-state index is -0.676. The van der Waals surface area contributed by atoms with Crippen molar-refractivity contribution in [1.82, 2.24) is 9.97 Å². The van der Waals surface area contributed by atoms with Gasteiger partial charge in [0.15, 0.2) is 0 Å². The van der Waals surface area contributed by atoms with E-state index in [0.717, 1.165) is 77.4 Å². The van der Waals surface area contributed by atoms with E-state index in [0.29, 0.717) is 0 Å². The molecule has 216 valence electrons. The van der Waals surface area contributed by atoms with Crippen molar-refractivity contribution in [2.24, 2.45) is 0 Å². The minimum Gasteiger partial charge on any atom is -0.315 e. The van der Waals surface area contributed by atoms with Crippen LogP contribution >= 0.6 is 22.9 Å². The highest BCUT2D eigenvalue weighted by Gasteiger charge is 2.54. The van der Waals surface area contributed by atoms with Crippen LogP contribution in [0.1, 0.15) is 45.4 Å². The van der Waals surface area contributed by atoms with Gasteiger partial charge in [0.1, 0.15) is 17.7 Å². The summed E-state index contributed by atoms with van der Waals surface area (Å²) in [7, 11) is 0. The van der Waals surface area contributed by atoms with Crippen LogP contribution in [0.5, 0.6) is 0 Å². The maximum absolute atomic E-state index is 9.51. The van der Waals surface area contributed by atoms with Crippen LogP contribution in [0.4, 0.5) is 11.4 Å². The van der Waals surface area contributed by atoms with Crippen molar-refractivity contribution in [3.63, 3.8) is 0 Å². The second-order valence-corrected chi connectivity index (χ2v) is 12.5. The first kappa shape index (κ1) is 28.5. The largest absolute Gasteiger partial charge is 0.315 e. The quantitative estimate of drug-likeness (QED) is 0.142. The lowest BCUT2D eigenvalue weighted by atomic mass is 9.71. The number of para-hydroxylation sites is 1. The maximum Gasteiger partial charge on any atom is 0.131 e. The van der Waals surface area contributed by atoms with E-state index in [1.807, 2.05) is 56.3 Å². The van der Waals surface area contributed by atoms with Crippen LogP contribution in [0.2, 0.25) is 0 Å². The first-order chi connectivity index (χ1) is 21.9. The van der Waals surface area contributed by atoms with Gasteiger partial charge in [0.05, 0.1) is 16.8 Å². The normalized spacial score (nSPS) is 13.5. The number of fused-ring (bicyclic) bond motifs is 10. The van der Waals surface area contributed by atoms with Crippen LogP contribution in [0.3, 0.4) is 0 Å². The summed E-state index contributed by atoms with van der Waals surface area (Å²) in [5.74, 6) is 0. The smallest absolute Gasteiger partial charge is 0.131 e. The van der Waals surface area contributed by atoms with Crippen LogP contribution in [0.15, 0.2) is 108 Å². The fourth-order valence-electron chi connectivity index (χ4n) is 6.70. The van der Waals surface area contributed by atoms with Crippen LogP contribution in [0, 0.1) is 36.5 Å². The van der Waals surface area contributed by atoms with Crippen LogP contribution < -0.4 is 4.90 Å².